The summed E-state index contributed by atoms with van der Waals surface area (Å²) in [5.41, 5.74) is 2.74. The highest BCUT2D eigenvalue weighted by atomic mass is 32.2. The van der Waals surface area contributed by atoms with Crippen molar-refractivity contribution in [2.24, 2.45) is 0 Å². The van der Waals surface area contributed by atoms with Crippen molar-refractivity contribution in [2.75, 3.05) is 19.4 Å². The number of nitrogens with one attached hydrogen (secondary N) is 1. The molecule has 0 saturated heterocycles. The second-order valence-corrected chi connectivity index (χ2v) is 9.46. The lowest BCUT2D eigenvalue weighted by Crippen LogP contribution is -2.21. The SMILES string of the molecule is CN(C)C(=O)c1ccc(Nc2nccc(-c3ccc(S(=O)(=O)c4ccccc4)cc3)n2)cc1. The molecule has 0 unspecified atom stereocenters. The third kappa shape index (κ3) is 4.91. The molecule has 166 valence electrons. The van der Waals surface area contributed by atoms with Crippen LogP contribution >= 0.6 is 0 Å². The number of carbonyl (C=O) groups is 1. The minimum Gasteiger partial charge on any atom is -0.345 e. The molecule has 7 nitrogen and oxygen atoms in total. The standard InChI is InChI=1S/C25H22N4O3S/c1-29(2)24(30)19-8-12-20(13-9-19)27-25-26-17-16-23(28-25)18-10-14-22(15-11-18)33(31,32)21-6-4-3-5-7-21/h3-17H,1-2H3,(H,26,27,28). The van der Waals surface area contributed by atoms with Gasteiger partial charge in [0, 0.05) is 37.1 Å². The predicted molar refractivity (Wildman–Crippen MR) is 127 cm³/mol. The number of hydrogen-bond acceptors (Lipinski definition) is 6. The van der Waals surface area contributed by atoms with Crippen LogP contribution in [-0.4, -0.2) is 43.3 Å². The summed E-state index contributed by atoms with van der Waals surface area (Å²) >= 11 is 0. The Bertz CT molecular complexity index is 1370. The van der Waals surface area contributed by atoms with Gasteiger partial charge in [0.15, 0.2) is 0 Å². The smallest absolute Gasteiger partial charge is 0.253 e. The molecular weight excluding hydrogens is 436 g/mol. The molecule has 1 heterocycles. The van der Waals surface area contributed by atoms with Crippen molar-refractivity contribution in [2.45, 2.75) is 9.79 Å². The van der Waals surface area contributed by atoms with E-state index in [4.69, 9.17) is 0 Å². The number of sulfone groups is 1. The number of anilines is 2. The van der Waals surface area contributed by atoms with Gasteiger partial charge in [-0.05, 0) is 54.6 Å². The Kier molecular flexibility index (Phi) is 6.19. The van der Waals surface area contributed by atoms with Crippen LogP contribution in [0.2, 0.25) is 0 Å². The van der Waals surface area contributed by atoms with Crippen molar-refractivity contribution in [3.63, 3.8) is 0 Å². The Labute approximate surface area is 192 Å². The van der Waals surface area contributed by atoms with E-state index in [0.29, 0.717) is 17.2 Å². The van der Waals surface area contributed by atoms with Crippen LogP contribution in [0.25, 0.3) is 11.3 Å². The average molecular weight is 459 g/mol. The molecule has 8 heteroatoms. The van der Waals surface area contributed by atoms with Crippen LogP contribution < -0.4 is 5.32 Å². The van der Waals surface area contributed by atoms with E-state index < -0.39 is 9.84 Å². The zero-order chi connectivity index (χ0) is 23.4. The zero-order valence-electron chi connectivity index (χ0n) is 18.1. The first kappa shape index (κ1) is 22.2. The number of hydrogen-bond donors (Lipinski definition) is 1. The molecule has 0 aliphatic carbocycles. The van der Waals surface area contributed by atoms with Crippen LogP contribution in [0.4, 0.5) is 11.6 Å². The molecule has 0 spiro atoms. The summed E-state index contributed by atoms with van der Waals surface area (Å²) in [6.45, 7) is 0. The van der Waals surface area contributed by atoms with Crippen LogP contribution in [-0.2, 0) is 9.84 Å². The molecule has 4 rings (SSSR count). The largest absolute Gasteiger partial charge is 0.345 e. The van der Waals surface area contributed by atoms with Crippen molar-refractivity contribution >= 4 is 27.4 Å². The van der Waals surface area contributed by atoms with Crippen molar-refractivity contribution in [3.8, 4) is 11.3 Å². The maximum atomic E-state index is 12.8. The third-order valence-electron chi connectivity index (χ3n) is 4.96. The van der Waals surface area contributed by atoms with Crippen LogP contribution in [0.1, 0.15) is 10.4 Å². The maximum Gasteiger partial charge on any atom is 0.253 e. The molecule has 33 heavy (non-hydrogen) atoms. The van der Waals surface area contributed by atoms with Crippen molar-refractivity contribution in [1.82, 2.24) is 14.9 Å². The lowest BCUT2D eigenvalue weighted by atomic mass is 10.1. The minimum absolute atomic E-state index is 0.0717. The fraction of sp³-hybridized carbons (Fsp3) is 0.0800. The molecule has 0 aliphatic heterocycles. The molecule has 0 aliphatic rings. The Morgan fingerprint density at radius 2 is 1.45 bits per heavy atom. The van der Waals surface area contributed by atoms with E-state index in [2.05, 4.69) is 15.3 Å². The molecule has 3 aromatic carbocycles. The van der Waals surface area contributed by atoms with Gasteiger partial charge in [0.25, 0.3) is 5.91 Å². The number of carbonyl (C=O) groups excluding carboxylic acids is 1. The minimum atomic E-state index is -3.57. The maximum absolute atomic E-state index is 12.8. The second kappa shape index (κ2) is 9.22. The number of benzene rings is 3. The van der Waals surface area contributed by atoms with Gasteiger partial charge in [0.1, 0.15) is 0 Å². The van der Waals surface area contributed by atoms with E-state index >= 15 is 0 Å². The Balaban J connectivity index is 1.53. The highest BCUT2D eigenvalue weighted by Crippen LogP contribution is 2.25. The van der Waals surface area contributed by atoms with E-state index in [1.807, 2.05) is 0 Å². The molecule has 0 radical (unpaired) electrons. The first-order valence-corrected chi connectivity index (χ1v) is 11.7. The van der Waals surface area contributed by atoms with Gasteiger partial charge in [-0.1, -0.05) is 30.3 Å². The zero-order valence-corrected chi connectivity index (χ0v) is 19.0. The first-order chi connectivity index (χ1) is 15.8. The highest BCUT2D eigenvalue weighted by Gasteiger charge is 2.17. The second-order valence-electron chi connectivity index (χ2n) is 7.51. The molecule has 1 N–H and O–H groups in total. The third-order valence-corrected chi connectivity index (χ3v) is 6.75. The van der Waals surface area contributed by atoms with Gasteiger partial charge in [-0.15, -0.1) is 0 Å². The van der Waals surface area contributed by atoms with Crippen LogP contribution in [0.5, 0.6) is 0 Å². The molecule has 1 amide bonds. The van der Waals surface area contributed by atoms with Gasteiger partial charge < -0.3 is 10.2 Å². The first-order valence-electron chi connectivity index (χ1n) is 10.2. The van der Waals surface area contributed by atoms with Crippen molar-refractivity contribution < 1.29 is 13.2 Å². The van der Waals surface area contributed by atoms with Gasteiger partial charge in [-0.3, -0.25) is 4.79 Å². The Morgan fingerprint density at radius 1 is 0.818 bits per heavy atom. The summed E-state index contributed by atoms with van der Waals surface area (Å²) in [5, 5.41) is 3.12. The monoisotopic (exact) mass is 458 g/mol. The van der Waals surface area contributed by atoms with Crippen LogP contribution in [0.3, 0.4) is 0 Å². The van der Waals surface area contributed by atoms with E-state index in [9.17, 15) is 13.2 Å². The number of aromatic nitrogens is 2. The normalized spacial score (nSPS) is 11.1. The van der Waals surface area contributed by atoms with Crippen molar-refractivity contribution in [1.29, 1.82) is 0 Å². The fourth-order valence-electron chi connectivity index (χ4n) is 3.20. The predicted octanol–water partition coefficient (Wildman–Crippen LogP) is 4.42. The van der Waals surface area contributed by atoms with Gasteiger partial charge in [0.2, 0.25) is 15.8 Å². The summed E-state index contributed by atoms with van der Waals surface area (Å²) in [4.78, 5) is 22.8. The molecule has 0 atom stereocenters. The number of amides is 1. The van der Waals surface area contributed by atoms with Crippen LogP contribution in [0.15, 0.2) is 101 Å². The Hall–Kier alpha value is -4.04. The summed E-state index contributed by atoms with van der Waals surface area (Å²) < 4.78 is 25.6. The topological polar surface area (TPSA) is 92.3 Å². The molecule has 0 bridgehead atoms. The highest BCUT2D eigenvalue weighted by molar-refractivity contribution is 7.91. The summed E-state index contributed by atoms with van der Waals surface area (Å²) in [6, 6.07) is 23.7. The van der Waals surface area contributed by atoms with Crippen LogP contribution in [0, 0.1) is 0 Å². The Morgan fingerprint density at radius 3 is 2.09 bits per heavy atom. The molecule has 0 saturated carbocycles. The molecule has 0 fully saturated rings. The summed E-state index contributed by atoms with van der Waals surface area (Å²) in [5.74, 6) is 0.317. The van der Waals surface area contributed by atoms with Gasteiger partial charge in [-0.2, -0.15) is 0 Å². The lowest BCUT2D eigenvalue weighted by molar-refractivity contribution is 0.0827. The fourth-order valence-corrected chi connectivity index (χ4v) is 4.49. The number of nitrogens with zero attached hydrogens (tertiary/aromatic N) is 3. The van der Waals surface area contributed by atoms with Crippen molar-refractivity contribution in [3.05, 3.63) is 96.7 Å². The van der Waals surface area contributed by atoms with E-state index in [-0.39, 0.29) is 15.7 Å². The number of rotatable bonds is 6. The van der Waals surface area contributed by atoms with Gasteiger partial charge in [0.05, 0.1) is 15.5 Å². The molecule has 1 aromatic heterocycles. The lowest BCUT2D eigenvalue weighted by Gasteiger charge is -2.11. The van der Waals surface area contributed by atoms with E-state index in [0.717, 1.165) is 11.3 Å². The van der Waals surface area contributed by atoms with E-state index in [1.165, 1.54) is 4.90 Å². The molecular formula is C25H22N4O3S. The summed E-state index contributed by atoms with van der Waals surface area (Å²) in [7, 11) is -0.162. The van der Waals surface area contributed by atoms with E-state index in [1.54, 1.807) is 105 Å². The summed E-state index contributed by atoms with van der Waals surface area (Å²) in [6.07, 6.45) is 1.63. The van der Waals surface area contributed by atoms with Gasteiger partial charge in [-0.25, -0.2) is 18.4 Å². The average Bonchev–Trinajstić information content (AvgIpc) is 2.85. The van der Waals surface area contributed by atoms with Gasteiger partial charge >= 0.3 is 0 Å². The quantitative estimate of drug-likeness (QED) is 0.460. The molecule has 4 aromatic rings.